The lowest BCUT2D eigenvalue weighted by Crippen LogP contribution is -2.47. The van der Waals surface area contributed by atoms with Crippen LogP contribution < -0.4 is 5.73 Å². The van der Waals surface area contributed by atoms with E-state index in [0.717, 1.165) is 5.56 Å². The first-order valence-electron chi connectivity index (χ1n) is 5.27. The van der Waals surface area contributed by atoms with E-state index in [2.05, 4.69) is 34.4 Å². The highest BCUT2D eigenvalue weighted by atomic mass is 15.3. The molecule has 1 atom stereocenters. The Morgan fingerprint density at radius 1 is 1.69 bits per heavy atom. The van der Waals surface area contributed by atoms with Crippen LogP contribution in [0.1, 0.15) is 12.5 Å². The lowest BCUT2D eigenvalue weighted by atomic mass is 9.92. The zero-order chi connectivity index (χ0) is 11.6. The standard InChI is InChI=1S/C12H16N4/c1-3-7-16-11(13)15-9-12(16,2)10-5-4-6-14-8-10/h3-6,8H,1,7,9H2,2H3,(H2,13,15). The molecule has 1 aromatic heterocycles. The summed E-state index contributed by atoms with van der Waals surface area (Å²) in [7, 11) is 0. The number of rotatable bonds is 3. The lowest BCUT2D eigenvalue weighted by Gasteiger charge is -2.35. The summed E-state index contributed by atoms with van der Waals surface area (Å²) in [6.45, 7) is 7.23. The van der Waals surface area contributed by atoms with E-state index in [-0.39, 0.29) is 5.54 Å². The van der Waals surface area contributed by atoms with Gasteiger partial charge in [0.2, 0.25) is 0 Å². The van der Waals surface area contributed by atoms with Crippen LogP contribution in [-0.2, 0) is 5.54 Å². The van der Waals surface area contributed by atoms with Crippen LogP contribution in [0, 0.1) is 0 Å². The quantitative estimate of drug-likeness (QED) is 0.770. The molecule has 0 saturated carbocycles. The number of hydrogen-bond donors (Lipinski definition) is 1. The molecular weight excluding hydrogens is 200 g/mol. The predicted molar refractivity (Wildman–Crippen MR) is 65.0 cm³/mol. The summed E-state index contributed by atoms with van der Waals surface area (Å²) in [5, 5.41) is 0. The van der Waals surface area contributed by atoms with Crippen LogP contribution in [0.3, 0.4) is 0 Å². The van der Waals surface area contributed by atoms with Gasteiger partial charge in [0.25, 0.3) is 0 Å². The van der Waals surface area contributed by atoms with Crippen LogP contribution in [0.25, 0.3) is 0 Å². The molecule has 1 unspecified atom stereocenters. The third-order valence-electron chi connectivity index (χ3n) is 3.02. The van der Waals surface area contributed by atoms with Gasteiger partial charge in [-0.1, -0.05) is 12.1 Å². The maximum atomic E-state index is 5.89. The van der Waals surface area contributed by atoms with Crippen molar-refractivity contribution in [3.05, 3.63) is 42.7 Å². The molecule has 0 radical (unpaired) electrons. The minimum absolute atomic E-state index is 0.202. The van der Waals surface area contributed by atoms with Crippen LogP contribution in [0.5, 0.6) is 0 Å². The largest absolute Gasteiger partial charge is 0.370 e. The summed E-state index contributed by atoms with van der Waals surface area (Å²) >= 11 is 0. The zero-order valence-corrected chi connectivity index (χ0v) is 9.43. The van der Waals surface area contributed by atoms with E-state index in [0.29, 0.717) is 19.0 Å². The van der Waals surface area contributed by atoms with Crippen molar-refractivity contribution >= 4 is 5.96 Å². The van der Waals surface area contributed by atoms with Gasteiger partial charge in [-0.15, -0.1) is 6.58 Å². The van der Waals surface area contributed by atoms with Crippen molar-refractivity contribution in [3.8, 4) is 0 Å². The Hall–Kier alpha value is -1.84. The Balaban J connectivity index is 2.35. The van der Waals surface area contributed by atoms with Gasteiger partial charge in [0.05, 0.1) is 12.1 Å². The maximum Gasteiger partial charge on any atom is 0.192 e. The molecule has 2 heterocycles. The molecule has 0 bridgehead atoms. The molecule has 0 aromatic carbocycles. The second-order valence-electron chi connectivity index (χ2n) is 4.09. The Morgan fingerprint density at radius 3 is 3.12 bits per heavy atom. The number of hydrogen-bond acceptors (Lipinski definition) is 4. The Labute approximate surface area is 95.5 Å². The molecule has 0 amide bonds. The van der Waals surface area contributed by atoms with Gasteiger partial charge in [-0.05, 0) is 18.6 Å². The summed E-state index contributed by atoms with van der Waals surface area (Å²) in [5.74, 6) is 0.575. The maximum absolute atomic E-state index is 5.89. The van der Waals surface area contributed by atoms with E-state index < -0.39 is 0 Å². The first kappa shape index (κ1) is 10.7. The van der Waals surface area contributed by atoms with Crippen LogP contribution in [0.2, 0.25) is 0 Å². The minimum Gasteiger partial charge on any atom is -0.370 e. The van der Waals surface area contributed by atoms with Gasteiger partial charge in [0.1, 0.15) is 0 Å². The van der Waals surface area contributed by atoms with Crippen molar-refractivity contribution in [1.82, 2.24) is 9.88 Å². The first-order chi connectivity index (χ1) is 7.68. The molecule has 0 fully saturated rings. The van der Waals surface area contributed by atoms with E-state index >= 15 is 0 Å². The van der Waals surface area contributed by atoms with Gasteiger partial charge >= 0.3 is 0 Å². The van der Waals surface area contributed by atoms with Crippen molar-refractivity contribution in [3.63, 3.8) is 0 Å². The molecule has 4 heteroatoms. The molecule has 0 spiro atoms. The number of pyridine rings is 1. The smallest absolute Gasteiger partial charge is 0.192 e. The Kier molecular flexibility index (Phi) is 2.64. The fourth-order valence-corrected chi connectivity index (χ4v) is 2.01. The number of guanidine groups is 1. The van der Waals surface area contributed by atoms with Crippen molar-refractivity contribution < 1.29 is 0 Å². The second-order valence-corrected chi connectivity index (χ2v) is 4.09. The molecule has 1 aliphatic rings. The highest BCUT2D eigenvalue weighted by Crippen LogP contribution is 2.31. The Bertz CT molecular complexity index is 412. The molecule has 2 N–H and O–H groups in total. The van der Waals surface area contributed by atoms with Gasteiger partial charge in [-0.25, -0.2) is 0 Å². The van der Waals surface area contributed by atoms with Crippen molar-refractivity contribution in [2.45, 2.75) is 12.5 Å². The Morgan fingerprint density at radius 2 is 2.50 bits per heavy atom. The minimum atomic E-state index is -0.202. The van der Waals surface area contributed by atoms with Crippen LogP contribution >= 0.6 is 0 Å². The van der Waals surface area contributed by atoms with Crippen molar-refractivity contribution in [2.75, 3.05) is 13.1 Å². The molecule has 0 saturated heterocycles. The fraction of sp³-hybridized carbons (Fsp3) is 0.333. The number of nitrogens with two attached hydrogens (primary N) is 1. The average Bonchev–Trinajstić information content (AvgIpc) is 2.60. The van der Waals surface area contributed by atoms with E-state index in [1.165, 1.54) is 0 Å². The molecule has 84 valence electrons. The highest BCUT2D eigenvalue weighted by molar-refractivity contribution is 5.81. The van der Waals surface area contributed by atoms with Gasteiger partial charge in [-0.2, -0.15) is 0 Å². The topological polar surface area (TPSA) is 54.5 Å². The SMILES string of the molecule is C=CCN1C(N)=NCC1(C)c1cccnc1. The number of aromatic nitrogens is 1. The third-order valence-corrected chi connectivity index (χ3v) is 3.02. The average molecular weight is 216 g/mol. The summed E-state index contributed by atoms with van der Waals surface area (Å²) in [5.41, 5.74) is 6.81. The van der Waals surface area contributed by atoms with E-state index in [1.807, 2.05) is 18.3 Å². The molecule has 0 aliphatic carbocycles. The van der Waals surface area contributed by atoms with E-state index in [1.54, 1.807) is 6.20 Å². The molecule has 1 aromatic rings. The second kappa shape index (κ2) is 3.96. The number of nitrogens with zero attached hydrogens (tertiary/aromatic N) is 3. The molecule has 1 aliphatic heterocycles. The zero-order valence-electron chi connectivity index (χ0n) is 9.43. The molecule has 2 rings (SSSR count). The molecule has 16 heavy (non-hydrogen) atoms. The van der Waals surface area contributed by atoms with E-state index in [9.17, 15) is 0 Å². The van der Waals surface area contributed by atoms with Gasteiger partial charge in [0.15, 0.2) is 5.96 Å². The summed E-state index contributed by atoms with van der Waals surface area (Å²) in [6, 6.07) is 3.98. The molecular formula is C12H16N4. The van der Waals surface area contributed by atoms with Crippen LogP contribution in [-0.4, -0.2) is 28.9 Å². The summed E-state index contributed by atoms with van der Waals surface area (Å²) in [6.07, 6.45) is 5.47. The highest BCUT2D eigenvalue weighted by Gasteiger charge is 2.38. The normalized spacial score (nSPS) is 24.3. The number of aliphatic imine (C=N–C) groups is 1. The van der Waals surface area contributed by atoms with E-state index in [4.69, 9.17) is 5.73 Å². The first-order valence-corrected chi connectivity index (χ1v) is 5.27. The monoisotopic (exact) mass is 216 g/mol. The van der Waals surface area contributed by atoms with Crippen LogP contribution in [0.15, 0.2) is 42.2 Å². The fourth-order valence-electron chi connectivity index (χ4n) is 2.01. The predicted octanol–water partition coefficient (Wildman–Crippen LogP) is 1.11. The van der Waals surface area contributed by atoms with Gasteiger partial charge in [-0.3, -0.25) is 9.98 Å². The third kappa shape index (κ3) is 1.56. The molecule has 4 nitrogen and oxygen atoms in total. The van der Waals surface area contributed by atoms with Gasteiger partial charge < -0.3 is 10.6 Å². The summed E-state index contributed by atoms with van der Waals surface area (Å²) < 4.78 is 0. The summed E-state index contributed by atoms with van der Waals surface area (Å²) in [4.78, 5) is 10.5. The van der Waals surface area contributed by atoms with Gasteiger partial charge in [0, 0.05) is 18.9 Å². The van der Waals surface area contributed by atoms with Crippen molar-refractivity contribution in [2.24, 2.45) is 10.7 Å². The lowest BCUT2D eigenvalue weighted by molar-refractivity contribution is 0.244. The van der Waals surface area contributed by atoms with Crippen molar-refractivity contribution in [1.29, 1.82) is 0 Å². The van der Waals surface area contributed by atoms with Crippen LogP contribution in [0.4, 0.5) is 0 Å².